The van der Waals surface area contributed by atoms with E-state index >= 15 is 0 Å². The van der Waals surface area contributed by atoms with Crippen molar-refractivity contribution in [3.63, 3.8) is 0 Å². The van der Waals surface area contributed by atoms with Crippen molar-refractivity contribution < 1.29 is 50.3 Å². The number of carbonyl (C=O) groups excluding carboxylic acids is 2. The van der Waals surface area contributed by atoms with Crippen LogP contribution in [-0.2, 0) is 38.7 Å². The zero-order chi connectivity index (χ0) is 25.1. The van der Waals surface area contributed by atoms with Crippen LogP contribution in [0.4, 0.5) is 8.78 Å². The minimum atomic E-state index is -5.97. The summed E-state index contributed by atoms with van der Waals surface area (Å²) in [5.74, 6) is -2.57. The summed E-state index contributed by atoms with van der Waals surface area (Å²) in [5, 5.41) is -5.09. The Hall–Kier alpha value is -1.37. The molecule has 1 aliphatic heterocycles. The third-order valence-corrected chi connectivity index (χ3v) is 8.09. The number of carbonyl (C=O) groups is 2. The third kappa shape index (κ3) is 4.96. The predicted octanol–water partition coefficient (Wildman–Crippen LogP) is 3.07. The number of hydrogen-bond donors (Lipinski definition) is 1. The predicted molar refractivity (Wildman–Crippen MR) is 112 cm³/mol. The highest BCUT2D eigenvalue weighted by molar-refractivity contribution is 7.87. The molecule has 2 unspecified atom stereocenters. The molecule has 0 radical (unpaired) electrons. The third-order valence-electron chi connectivity index (χ3n) is 7.28. The molecule has 4 aliphatic carbocycles. The molecular formula is C22H32F2O9S. The van der Waals surface area contributed by atoms with Gasteiger partial charge in [0.25, 0.3) is 0 Å². The van der Waals surface area contributed by atoms with Crippen molar-refractivity contribution in [3.05, 3.63) is 0 Å². The Labute approximate surface area is 197 Å². The Morgan fingerprint density at radius 1 is 0.971 bits per heavy atom. The Bertz CT molecular complexity index is 899. The molecule has 4 bridgehead atoms. The second-order valence-corrected chi connectivity index (χ2v) is 12.6. The van der Waals surface area contributed by atoms with E-state index in [0.29, 0.717) is 11.8 Å². The molecule has 2 atom stereocenters. The van der Waals surface area contributed by atoms with E-state index in [1.54, 1.807) is 20.8 Å². The highest BCUT2D eigenvalue weighted by Gasteiger charge is 2.62. The number of hydrogen-bond acceptors (Lipinski definition) is 8. The van der Waals surface area contributed by atoms with Crippen LogP contribution in [-0.4, -0.2) is 60.4 Å². The number of alkyl halides is 2. The fourth-order valence-corrected chi connectivity index (χ4v) is 6.59. The van der Waals surface area contributed by atoms with Gasteiger partial charge in [-0.2, -0.15) is 17.2 Å². The van der Waals surface area contributed by atoms with Crippen LogP contribution in [0, 0.1) is 23.7 Å². The monoisotopic (exact) mass is 510 g/mol. The molecule has 1 N–H and O–H groups in total. The Kier molecular flexibility index (Phi) is 6.53. The van der Waals surface area contributed by atoms with Gasteiger partial charge in [0, 0.05) is 18.3 Å². The molecule has 9 nitrogen and oxygen atoms in total. The zero-order valence-corrected chi connectivity index (χ0v) is 20.3. The first-order chi connectivity index (χ1) is 15.6. The maximum atomic E-state index is 13.6. The highest BCUT2D eigenvalue weighted by atomic mass is 32.2. The minimum Gasteiger partial charge on any atom is -0.460 e. The van der Waals surface area contributed by atoms with Gasteiger partial charge >= 0.3 is 27.3 Å². The van der Waals surface area contributed by atoms with Crippen molar-refractivity contribution in [2.24, 2.45) is 23.7 Å². The number of esters is 2. The van der Waals surface area contributed by atoms with Crippen molar-refractivity contribution >= 4 is 22.1 Å². The van der Waals surface area contributed by atoms with Crippen molar-refractivity contribution in [2.75, 3.05) is 6.61 Å². The van der Waals surface area contributed by atoms with Crippen LogP contribution in [0.5, 0.6) is 0 Å². The molecule has 1 heterocycles. The van der Waals surface area contributed by atoms with Gasteiger partial charge in [0.2, 0.25) is 0 Å². The fraction of sp³-hybridized carbons (Fsp3) is 0.909. The molecular weight excluding hydrogens is 478 g/mol. The van der Waals surface area contributed by atoms with Gasteiger partial charge in [-0.15, -0.1) is 0 Å². The lowest BCUT2D eigenvalue weighted by Gasteiger charge is -2.62. The Morgan fingerprint density at radius 3 is 2.00 bits per heavy atom. The van der Waals surface area contributed by atoms with E-state index in [2.05, 4.69) is 4.74 Å². The molecule has 4 saturated carbocycles. The van der Waals surface area contributed by atoms with Crippen LogP contribution in [0.2, 0.25) is 0 Å². The van der Waals surface area contributed by atoms with Crippen LogP contribution < -0.4 is 0 Å². The van der Waals surface area contributed by atoms with Crippen LogP contribution in [0.3, 0.4) is 0 Å². The van der Waals surface area contributed by atoms with E-state index in [0.717, 1.165) is 25.7 Å². The summed E-state index contributed by atoms with van der Waals surface area (Å²) in [5.41, 5.74) is -0.696. The number of halogens is 2. The first kappa shape index (κ1) is 25.7. The number of ether oxygens (including phenoxy) is 4. The molecule has 5 aliphatic rings. The summed E-state index contributed by atoms with van der Waals surface area (Å²) >= 11 is 0. The highest BCUT2D eigenvalue weighted by Crippen LogP contribution is 2.61. The van der Waals surface area contributed by atoms with E-state index in [1.807, 2.05) is 0 Å². The molecule has 0 aromatic rings. The van der Waals surface area contributed by atoms with Gasteiger partial charge in [0.1, 0.15) is 12.2 Å². The van der Waals surface area contributed by atoms with E-state index in [1.165, 1.54) is 6.42 Å². The molecule has 34 heavy (non-hydrogen) atoms. The summed E-state index contributed by atoms with van der Waals surface area (Å²) in [6.07, 6.45) is 3.23. The second kappa shape index (κ2) is 8.63. The summed E-state index contributed by atoms with van der Waals surface area (Å²) in [6.45, 7) is 4.57. The van der Waals surface area contributed by atoms with Crippen LogP contribution in [0.15, 0.2) is 0 Å². The lowest BCUT2D eigenvalue weighted by molar-refractivity contribution is -0.395. The summed E-state index contributed by atoms with van der Waals surface area (Å²) in [7, 11) is -5.97. The smallest absolute Gasteiger partial charge is 0.460 e. The Morgan fingerprint density at radius 2 is 1.50 bits per heavy atom. The Balaban J connectivity index is 1.51. The van der Waals surface area contributed by atoms with Gasteiger partial charge in [0.15, 0.2) is 5.79 Å². The summed E-state index contributed by atoms with van der Waals surface area (Å²) < 4.78 is 80.3. The van der Waals surface area contributed by atoms with Gasteiger partial charge in [-0.05, 0) is 64.7 Å². The van der Waals surface area contributed by atoms with Gasteiger partial charge in [-0.25, -0.2) is 4.79 Å². The molecule has 1 saturated heterocycles. The first-order valence-corrected chi connectivity index (χ1v) is 13.1. The number of rotatable bonds is 6. The second-order valence-electron chi connectivity index (χ2n) is 11.1. The lowest BCUT2D eigenvalue weighted by Crippen LogP contribution is -2.65. The maximum Gasteiger partial charge on any atom is 0.465 e. The van der Waals surface area contributed by atoms with Crippen LogP contribution in [0.25, 0.3) is 0 Å². The van der Waals surface area contributed by atoms with Crippen molar-refractivity contribution in [2.45, 2.75) is 94.6 Å². The van der Waals surface area contributed by atoms with Gasteiger partial charge in [-0.3, -0.25) is 9.35 Å². The van der Waals surface area contributed by atoms with E-state index < -0.39 is 57.5 Å². The van der Waals surface area contributed by atoms with Gasteiger partial charge < -0.3 is 18.9 Å². The van der Waals surface area contributed by atoms with Crippen LogP contribution >= 0.6 is 0 Å². The molecule has 0 amide bonds. The van der Waals surface area contributed by atoms with E-state index in [9.17, 15) is 26.8 Å². The molecule has 1 spiro atoms. The standard InChI is InChI=1S/C22H32F2O9S/c1-20(2,3)33-18(25)10-16-9-17(11-30-19(26)22(23,24)34(27,28)29)32-21(31-16)14-5-12-4-13(7-14)8-15(21)6-12/h12-17H,4-11H2,1-3H3,(H,27,28,29). The molecule has 5 fully saturated rings. The van der Waals surface area contributed by atoms with Crippen molar-refractivity contribution in [3.8, 4) is 0 Å². The summed E-state index contributed by atoms with van der Waals surface area (Å²) in [4.78, 5) is 24.2. The molecule has 0 aromatic heterocycles. The van der Waals surface area contributed by atoms with Crippen molar-refractivity contribution in [1.29, 1.82) is 0 Å². The SMILES string of the molecule is CC(C)(C)OC(=O)CC1CC(COC(=O)C(F)(F)S(=O)(=O)O)OC2(O1)C1CC3CC(C1)CC2C3. The average molecular weight is 511 g/mol. The maximum absolute atomic E-state index is 13.6. The first-order valence-electron chi connectivity index (χ1n) is 11.7. The summed E-state index contributed by atoms with van der Waals surface area (Å²) in [6, 6.07) is 0. The normalized spacial score (nSPS) is 37.6. The van der Waals surface area contributed by atoms with Gasteiger partial charge in [-0.1, -0.05) is 0 Å². The van der Waals surface area contributed by atoms with E-state index in [-0.39, 0.29) is 24.7 Å². The fourth-order valence-electron chi connectivity index (χ4n) is 6.32. The quantitative estimate of drug-likeness (QED) is 0.424. The molecule has 12 heteroatoms. The van der Waals surface area contributed by atoms with Crippen LogP contribution in [0.1, 0.15) is 65.7 Å². The molecule has 5 rings (SSSR count). The lowest BCUT2D eigenvalue weighted by atomic mass is 9.53. The topological polar surface area (TPSA) is 125 Å². The molecule has 0 aromatic carbocycles. The van der Waals surface area contributed by atoms with Crippen molar-refractivity contribution in [1.82, 2.24) is 0 Å². The van der Waals surface area contributed by atoms with Gasteiger partial charge in [0.05, 0.1) is 18.6 Å². The molecule has 194 valence electrons. The largest absolute Gasteiger partial charge is 0.465 e. The zero-order valence-electron chi connectivity index (χ0n) is 19.5. The minimum absolute atomic E-state index is 0.0675. The van der Waals surface area contributed by atoms with E-state index in [4.69, 9.17) is 18.8 Å². The average Bonchev–Trinajstić information content (AvgIpc) is 2.67.